The molecule has 0 spiro atoms. The molecule has 0 radical (unpaired) electrons. The summed E-state index contributed by atoms with van der Waals surface area (Å²) in [6.07, 6.45) is 3.59. The third-order valence-electron chi connectivity index (χ3n) is 4.34. The van der Waals surface area contributed by atoms with E-state index in [0.29, 0.717) is 31.0 Å². The number of likely N-dealkylation sites (N-methyl/N-ethyl adjacent to an activating group) is 1. The molecular weight excluding hydrogens is 481 g/mol. The lowest BCUT2D eigenvalue weighted by molar-refractivity contribution is -0.127. The van der Waals surface area contributed by atoms with E-state index in [0.717, 1.165) is 38.0 Å². The van der Waals surface area contributed by atoms with Crippen molar-refractivity contribution >= 4 is 35.8 Å². The number of aliphatic imine (C=N–C) groups is 1. The first-order valence-corrected chi connectivity index (χ1v) is 9.23. The number of carbonyl (C=O) groups is 1. The van der Waals surface area contributed by atoms with Gasteiger partial charge < -0.3 is 20.3 Å². The molecule has 158 valence electrons. The molecule has 2 rings (SSSR count). The molecule has 1 amide bonds. The number of carbonyl (C=O) groups excluding carboxylic acids is 1. The standard InChI is InChI=1S/C19H28F2N4O2.HI/c1-25(2)18(26)13-24-19(23-12-16-5-3-4-10-27-16)22-9-8-14-11-15(20)6-7-17(14)21;/h6-7,11,16H,3-5,8-10,12-13H2,1-2H3,(H2,22,23,24);1H. The van der Waals surface area contributed by atoms with Crippen LogP contribution in [-0.2, 0) is 16.0 Å². The molecule has 1 fully saturated rings. The van der Waals surface area contributed by atoms with Crippen LogP contribution in [0.2, 0.25) is 0 Å². The van der Waals surface area contributed by atoms with Gasteiger partial charge in [0.1, 0.15) is 18.2 Å². The Morgan fingerprint density at radius 1 is 1.29 bits per heavy atom. The van der Waals surface area contributed by atoms with Gasteiger partial charge in [-0.3, -0.25) is 4.79 Å². The van der Waals surface area contributed by atoms with Crippen molar-refractivity contribution in [2.24, 2.45) is 4.99 Å². The highest BCUT2D eigenvalue weighted by atomic mass is 127. The molecule has 1 atom stereocenters. The van der Waals surface area contributed by atoms with Gasteiger partial charge in [0.15, 0.2) is 5.96 Å². The Labute approximate surface area is 182 Å². The zero-order chi connectivity index (χ0) is 19.6. The van der Waals surface area contributed by atoms with E-state index in [1.807, 2.05) is 0 Å². The van der Waals surface area contributed by atoms with Gasteiger partial charge in [0.2, 0.25) is 5.91 Å². The maximum absolute atomic E-state index is 13.7. The highest BCUT2D eigenvalue weighted by Gasteiger charge is 2.14. The van der Waals surface area contributed by atoms with Crippen LogP contribution in [-0.4, -0.2) is 63.2 Å². The van der Waals surface area contributed by atoms with E-state index in [-0.39, 0.29) is 42.5 Å². The number of rotatable bonds is 7. The molecular formula is C19H29F2IN4O2. The van der Waals surface area contributed by atoms with Crippen molar-refractivity contribution in [3.05, 3.63) is 35.4 Å². The van der Waals surface area contributed by atoms with Gasteiger partial charge >= 0.3 is 0 Å². The van der Waals surface area contributed by atoms with Gasteiger partial charge in [-0.25, -0.2) is 13.8 Å². The van der Waals surface area contributed by atoms with Crippen LogP contribution >= 0.6 is 24.0 Å². The van der Waals surface area contributed by atoms with Gasteiger partial charge in [-0.15, -0.1) is 24.0 Å². The lowest BCUT2D eigenvalue weighted by Gasteiger charge is -2.24. The number of guanidine groups is 1. The van der Waals surface area contributed by atoms with Crippen molar-refractivity contribution in [2.45, 2.75) is 31.8 Å². The summed E-state index contributed by atoms with van der Waals surface area (Å²) >= 11 is 0. The van der Waals surface area contributed by atoms with Crippen LogP contribution in [0.15, 0.2) is 23.2 Å². The van der Waals surface area contributed by atoms with Gasteiger partial charge in [0.25, 0.3) is 0 Å². The minimum Gasteiger partial charge on any atom is -0.376 e. The molecule has 1 saturated heterocycles. The summed E-state index contributed by atoms with van der Waals surface area (Å²) in [6, 6.07) is 3.40. The summed E-state index contributed by atoms with van der Waals surface area (Å²) in [7, 11) is 3.34. The molecule has 1 unspecified atom stereocenters. The van der Waals surface area contributed by atoms with Gasteiger partial charge in [0, 0.05) is 33.8 Å². The summed E-state index contributed by atoms with van der Waals surface area (Å²) in [6.45, 7) is 1.69. The number of ether oxygens (including phenoxy) is 1. The Hall–Kier alpha value is -1.49. The third-order valence-corrected chi connectivity index (χ3v) is 4.34. The first-order valence-electron chi connectivity index (χ1n) is 9.23. The fraction of sp³-hybridized carbons (Fsp3) is 0.579. The number of hydrogen-bond donors (Lipinski definition) is 2. The molecule has 6 nitrogen and oxygen atoms in total. The molecule has 0 saturated carbocycles. The highest BCUT2D eigenvalue weighted by molar-refractivity contribution is 14.0. The number of hydrogen-bond acceptors (Lipinski definition) is 3. The van der Waals surface area contributed by atoms with Crippen LogP contribution in [0.3, 0.4) is 0 Å². The third kappa shape index (κ3) is 8.68. The van der Waals surface area contributed by atoms with Gasteiger partial charge in [-0.1, -0.05) is 0 Å². The van der Waals surface area contributed by atoms with Gasteiger partial charge in [0.05, 0.1) is 6.10 Å². The first-order chi connectivity index (χ1) is 13.0. The van der Waals surface area contributed by atoms with Crippen molar-refractivity contribution in [1.82, 2.24) is 15.5 Å². The smallest absolute Gasteiger partial charge is 0.243 e. The van der Waals surface area contributed by atoms with Crippen LogP contribution in [0, 0.1) is 11.6 Å². The number of halogens is 3. The molecule has 9 heteroatoms. The Balaban J connectivity index is 0.00000392. The first kappa shape index (κ1) is 24.5. The largest absolute Gasteiger partial charge is 0.376 e. The predicted octanol–water partition coefficient (Wildman–Crippen LogP) is 2.32. The Bertz CT molecular complexity index is 653. The van der Waals surface area contributed by atoms with Crippen molar-refractivity contribution < 1.29 is 18.3 Å². The average molecular weight is 510 g/mol. The molecule has 1 aromatic carbocycles. The Kier molecular flexibility index (Phi) is 11.3. The molecule has 0 aliphatic carbocycles. The summed E-state index contributed by atoms with van der Waals surface area (Å²) in [5, 5.41) is 6.24. The molecule has 0 bridgehead atoms. The molecule has 2 N–H and O–H groups in total. The van der Waals surface area contributed by atoms with E-state index >= 15 is 0 Å². The van der Waals surface area contributed by atoms with Gasteiger partial charge in [-0.05, 0) is 49.4 Å². The fourth-order valence-corrected chi connectivity index (χ4v) is 2.69. The summed E-state index contributed by atoms with van der Waals surface area (Å²) in [5.41, 5.74) is 0.293. The normalized spacial score (nSPS) is 16.9. The topological polar surface area (TPSA) is 66.0 Å². The van der Waals surface area contributed by atoms with Crippen LogP contribution < -0.4 is 10.6 Å². The van der Waals surface area contributed by atoms with Crippen molar-refractivity contribution in [2.75, 3.05) is 40.3 Å². The fourth-order valence-electron chi connectivity index (χ4n) is 2.69. The minimum absolute atomic E-state index is 0. The predicted molar refractivity (Wildman–Crippen MR) is 116 cm³/mol. The van der Waals surface area contributed by atoms with E-state index in [1.54, 1.807) is 14.1 Å². The SMILES string of the molecule is CN(C)C(=O)CN=C(NCCc1cc(F)ccc1F)NCC1CCCCO1.I. The molecule has 1 aromatic rings. The Morgan fingerprint density at radius 2 is 2.07 bits per heavy atom. The van der Waals surface area contributed by atoms with E-state index in [1.165, 1.54) is 11.0 Å². The summed E-state index contributed by atoms with van der Waals surface area (Å²) < 4.78 is 32.7. The zero-order valence-electron chi connectivity index (χ0n) is 16.3. The van der Waals surface area contributed by atoms with E-state index in [2.05, 4.69) is 15.6 Å². The minimum atomic E-state index is -0.468. The van der Waals surface area contributed by atoms with E-state index in [4.69, 9.17) is 4.74 Å². The average Bonchev–Trinajstić information content (AvgIpc) is 2.66. The summed E-state index contributed by atoms with van der Waals surface area (Å²) in [5.74, 6) is -0.579. The van der Waals surface area contributed by atoms with Crippen LogP contribution in [0.1, 0.15) is 24.8 Å². The maximum Gasteiger partial charge on any atom is 0.243 e. The molecule has 1 heterocycles. The lowest BCUT2D eigenvalue weighted by atomic mass is 10.1. The quantitative estimate of drug-likeness (QED) is 0.336. The zero-order valence-corrected chi connectivity index (χ0v) is 18.7. The number of nitrogens with one attached hydrogen (secondary N) is 2. The van der Waals surface area contributed by atoms with Crippen LogP contribution in [0.4, 0.5) is 8.78 Å². The van der Waals surface area contributed by atoms with Crippen LogP contribution in [0.5, 0.6) is 0 Å². The second kappa shape index (κ2) is 12.9. The van der Waals surface area contributed by atoms with Crippen molar-refractivity contribution in [3.63, 3.8) is 0 Å². The molecule has 1 aliphatic heterocycles. The number of nitrogens with zero attached hydrogens (tertiary/aromatic N) is 2. The maximum atomic E-state index is 13.7. The molecule has 28 heavy (non-hydrogen) atoms. The number of amides is 1. The number of benzene rings is 1. The molecule has 1 aliphatic rings. The summed E-state index contributed by atoms with van der Waals surface area (Å²) in [4.78, 5) is 17.5. The van der Waals surface area contributed by atoms with E-state index < -0.39 is 11.6 Å². The Morgan fingerprint density at radius 3 is 2.75 bits per heavy atom. The van der Waals surface area contributed by atoms with Crippen LogP contribution in [0.25, 0.3) is 0 Å². The van der Waals surface area contributed by atoms with Gasteiger partial charge in [-0.2, -0.15) is 0 Å². The second-order valence-corrected chi connectivity index (χ2v) is 6.73. The van der Waals surface area contributed by atoms with E-state index in [9.17, 15) is 13.6 Å². The van der Waals surface area contributed by atoms with Crippen molar-refractivity contribution in [3.8, 4) is 0 Å². The lowest BCUT2D eigenvalue weighted by Crippen LogP contribution is -2.43. The second-order valence-electron chi connectivity index (χ2n) is 6.73. The molecule has 0 aromatic heterocycles. The monoisotopic (exact) mass is 510 g/mol. The van der Waals surface area contributed by atoms with Crippen molar-refractivity contribution in [1.29, 1.82) is 0 Å². The highest BCUT2D eigenvalue weighted by Crippen LogP contribution is 2.12.